The number of nitrogens with zero attached hydrogens (tertiary/aromatic N) is 1. The Bertz CT molecular complexity index is 178. The first-order valence-electron chi connectivity index (χ1n) is 5.79. The quantitative estimate of drug-likeness (QED) is 0.685. The van der Waals surface area contributed by atoms with Gasteiger partial charge in [0.1, 0.15) is 0 Å². The lowest BCUT2D eigenvalue weighted by atomic mass is 9.84. The molecule has 0 radical (unpaired) electrons. The zero-order valence-electron chi connectivity index (χ0n) is 9.38. The monoisotopic (exact) mass is 198 g/mol. The molecule has 1 spiro atoms. The summed E-state index contributed by atoms with van der Waals surface area (Å²) < 4.78 is 5.35. The summed E-state index contributed by atoms with van der Waals surface area (Å²) in [6.45, 7) is 8.75. The number of hydrogen-bond acceptors (Lipinski definition) is 3. The molecule has 0 atom stereocenters. The van der Waals surface area contributed by atoms with Gasteiger partial charge in [-0.1, -0.05) is 0 Å². The Balaban J connectivity index is 1.87. The van der Waals surface area contributed by atoms with Crippen molar-refractivity contribution in [2.75, 3.05) is 26.4 Å². The Morgan fingerprint density at radius 1 is 1.21 bits per heavy atom. The average molecular weight is 198 g/mol. The summed E-state index contributed by atoms with van der Waals surface area (Å²) in [4.78, 5) is 2.57. The van der Waals surface area contributed by atoms with Gasteiger partial charge in [-0.3, -0.25) is 5.32 Å². The van der Waals surface area contributed by atoms with E-state index in [9.17, 15) is 0 Å². The Labute approximate surface area is 86.8 Å². The van der Waals surface area contributed by atoms with Crippen molar-refractivity contribution >= 4 is 0 Å². The SMILES string of the molecule is CC(C)N1CCC2(CCOCN2)CC1. The van der Waals surface area contributed by atoms with Crippen LogP contribution in [0.1, 0.15) is 33.1 Å². The summed E-state index contributed by atoms with van der Waals surface area (Å²) in [5.41, 5.74) is 0.406. The highest BCUT2D eigenvalue weighted by Gasteiger charge is 2.35. The van der Waals surface area contributed by atoms with Crippen molar-refractivity contribution in [1.29, 1.82) is 0 Å². The third-order valence-electron chi connectivity index (χ3n) is 3.76. The third-order valence-corrected chi connectivity index (χ3v) is 3.76. The number of likely N-dealkylation sites (tertiary alicyclic amines) is 1. The number of ether oxygens (including phenoxy) is 1. The summed E-state index contributed by atoms with van der Waals surface area (Å²) in [7, 11) is 0. The van der Waals surface area contributed by atoms with Gasteiger partial charge >= 0.3 is 0 Å². The van der Waals surface area contributed by atoms with E-state index in [4.69, 9.17) is 4.74 Å². The summed E-state index contributed by atoms with van der Waals surface area (Å²) in [5, 5.41) is 3.55. The van der Waals surface area contributed by atoms with Gasteiger partial charge in [0.2, 0.25) is 0 Å². The van der Waals surface area contributed by atoms with Crippen LogP contribution in [0.25, 0.3) is 0 Å². The van der Waals surface area contributed by atoms with Gasteiger partial charge in [-0.05, 0) is 33.1 Å². The molecule has 2 saturated heterocycles. The second kappa shape index (κ2) is 4.17. The van der Waals surface area contributed by atoms with E-state index in [1.54, 1.807) is 0 Å². The zero-order chi connectivity index (χ0) is 10.0. The van der Waals surface area contributed by atoms with Crippen molar-refractivity contribution in [1.82, 2.24) is 10.2 Å². The third kappa shape index (κ3) is 2.10. The van der Waals surface area contributed by atoms with Gasteiger partial charge in [-0.2, -0.15) is 0 Å². The van der Waals surface area contributed by atoms with Crippen LogP contribution in [-0.4, -0.2) is 42.9 Å². The van der Waals surface area contributed by atoms with E-state index in [0.717, 1.165) is 13.3 Å². The van der Waals surface area contributed by atoms with E-state index in [0.29, 0.717) is 11.6 Å². The van der Waals surface area contributed by atoms with Crippen LogP contribution in [0.15, 0.2) is 0 Å². The Kier molecular flexibility index (Phi) is 3.10. The fraction of sp³-hybridized carbons (Fsp3) is 1.00. The predicted octanol–water partition coefficient (Wildman–Crippen LogP) is 1.20. The molecule has 0 bridgehead atoms. The normalized spacial score (nSPS) is 28.5. The average Bonchev–Trinajstić information content (AvgIpc) is 2.19. The zero-order valence-corrected chi connectivity index (χ0v) is 9.38. The molecule has 0 unspecified atom stereocenters. The van der Waals surface area contributed by atoms with Crippen molar-refractivity contribution in [2.24, 2.45) is 0 Å². The molecule has 0 saturated carbocycles. The van der Waals surface area contributed by atoms with Crippen LogP contribution in [0.3, 0.4) is 0 Å². The molecule has 3 heteroatoms. The van der Waals surface area contributed by atoms with E-state index >= 15 is 0 Å². The van der Waals surface area contributed by atoms with E-state index in [1.807, 2.05) is 0 Å². The maximum atomic E-state index is 5.35. The van der Waals surface area contributed by atoms with Crippen molar-refractivity contribution in [3.63, 3.8) is 0 Å². The smallest absolute Gasteiger partial charge is 0.0969 e. The molecule has 2 aliphatic rings. The number of hydrogen-bond donors (Lipinski definition) is 1. The van der Waals surface area contributed by atoms with Gasteiger partial charge in [0, 0.05) is 24.7 Å². The summed E-state index contributed by atoms with van der Waals surface area (Å²) in [6, 6.07) is 0.701. The number of piperidine rings is 1. The van der Waals surface area contributed by atoms with Gasteiger partial charge in [0.25, 0.3) is 0 Å². The molecule has 0 aromatic carbocycles. The van der Waals surface area contributed by atoms with Gasteiger partial charge in [-0.15, -0.1) is 0 Å². The van der Waals surface area contributed by atoms with Gasteiger partial charge in [0.05, 0.1) is 13.3 Å². The lowest BCUT2D eigenvalue weighted by Crippen LogP contribution is -2.57. The fourth-order valence-electron chi connectivity index (χ4n) is 2.53. The number of rotatable bonds is 1. The highest BCUT2D eigenvalue weighted by Crippen LogP contribution is 2.28. The van der Waals surface area contributed by atoms with E-state index < -0.39 is 0 Å². The molecule has 14 heavy (non-hydrogen) atoms. The maximum Gasteiger partial charge on any atom is 0.0969 e. The van der Waals surface area contributed by atoms with Crippen molar-refractivity contribution in [2.45, 2.75) is 44.7 Å². The molecule has 2 aliphatic heterocycles. The highest BCUT2D eigenvalue weighted by atomic mass is 16.5. The van der Waals surface area contributed by atoms with Gasteiger partial charge in [0.15, 0.2) is 0 Å². The molecule has 3 nitrogen and oxygen atoms in total. The minimum absolute atomic E-state index is 0.406. The van der Waals surface area contributed by atoms with Crippen LogP contribution in [0, 0.1) is 0 Å². The predicted molar refractivity (Wildman–Crippen MR) is 57.2 cm³/mol. The molecule has 0 aliphatic carbocycles. The lowest BCUT2D eigenvalue weighted by molar-refractivity contribution is -0.00860. The van der Waals surface area contributed by atoms with Crippen LogP contribution in [0.4, 0.5) is 0 Å². The molecule has 2 heterocycles. The molecular formula is C11H22N2O. The maximum absolute atomic E-state index is 5.35. The van der Waals surface area contributed by atoms with Crippen LogP contribution in [0.5, 0.6) is 0 Å². The molecular weight excluding hydrogens is 176 g/mol. The van der Waals surface area contributed by atoms with E-state index in [-0.39, 0.29) is 0 Å². The van der Waals surface area contributed by atoms with E-state index in [2.05, 4.69) is 24.1 Å². The molecule has 82 valence electrons. The van der Waals surface area contributed by atoms with Gasteiger partial charge < -0.3 is 9.64 Å². The molecule has 0 amide bonds. The minimum Gasteiger partial charge on any atom is -0.366 e. The largest absolute Gasteiger partial charge is 0.366 e. The Morgan fingerprint density at radius 3 is 2.43 bits per heavy atom. The molecule has 2 rings (SSSR count). The summed E-state index contributed by atoms with van der Waals surface area (Å²) >= 11 is 0. The van der Waals surface area contributed by atoms with Gasteiger partial charge in [-0.25, -0.2) is 0 Å². The second-order valence-corrected chi connectivity index (χ2v) is 4.89. The lowest BCUT2D eigenvalue weighted by Gasteiger charge is -2.45. The molecule has 0 aromatic heterocycles. The van der Waals surface area contributed by atoms with Crippen molar-refractivity contribution in [3.05, 3.63) is 0 Å². The van der Waals surface area contributed by atoms with Crippen molar-refractivity contribution in [3.8, 4) is 0 Å². The minimum atomic E-state index is 0.406. The molecule has 2 fully saturated rings. The molecule has 0 aromatic rings. The first-order chi connectivity index (χ1) is 6.72. The first-order valence-corrected chi connectivity index (χ1v) is 5.79. The Hall–Kier alpha value is -0.120. The van der Waals surface area contributed by atoms with Crippen LogP contribution < -0.4 is 5.32 Å². The number of nitrogens with one attached hydrogen (secondary N) is 1. The fourth-order valence-corrected chi connectivity index (χ4v) is 2.53. The topological polar surface area (TPSA) is 24.5 Å². The van der Waals surface area contributed by atoms with Crippen LogP contribution in [-0.2, 0) is 4.74 Å². The second-order valence-electron chi connectivity index (χ2n) is 4.89. The first kappa shape index (κ1) is 10.4. The van der Waals surface area contributed by atoms with Crippen molar-refractivity contribution < 1.29 is 4.74 Å². The standard InChI is InChI=1S/C11H22N2O/c1-10(2)13-6-3-11(4-7-13)5-8-14-9-12-11/h10,12H,3-9H2,1-2H3. The van der Waals surface area contributed by atoms with E-state index in [1.165, 1.54) is 32.4 Å². The Morgan fingerprint density at radius 2 is 1.93 bits per heavy atom. The van der Waals surface area contributed by atoms with Crippen LogP contribution >= 0.6 is 0 Å². The highest BCUT2D eigenvalue weighted by molar-refractivity contribution is 4.94. The summed E-state index contributed by atoms with van der Waals surface area (Å²) in [5.74, 6) is 0. The van der Waals surface area contributed by atoms with Crippen LogP contribution in [0.2, 0.25) is 0 Å². The molecule has 1 N–H and O–H groups in total. The summed E-state index contributed by atoms with van der Waals surface area (Å²) in [6.07, 6.45) is 3.77.